The molecular weight excluding hydrogens is 521 g/mol. The molecule has 0 aromatic heterocycles. The van der Waals surface area contributed by atoms with Crippen molar-refractivity contribution in [2.75, 3.05) is 13.2 Å². The normalized spacial score (nSPS) is 14.7. The average Bonchev–Trinajstić information content (AvgIpc) is 3.08. The van der Waals surface area contributed by atoms with Gasteiger partial charge in [0.25, 0.3) is 11.1 Å². The fraction of sp³-hybridized carbons (Fsp3) is 0.154. The lowest BCUT2D eigenvalue weighted by Gasteiger charge is -2.13. The second-order valence-corrected chi connectivity index (χ2v) is 9.45. The molecule has 0 spiro atoms. The molecular formula is C26H21BrFNO4S. The lowest BCUT2D eigenvalue weighted by Crippen LogP contribution is -2.32. The van der Waals surface area contributed by atoms with Crippen molar-refractivity contribution in [1.82, 2.24) is 4.90 Å². The van der Waals surface area contributed by atoms with Crippen LogP contribution in [-0.2, 0) is 11.4 Å². The molecule has 2 amide bonds. The molecule has 1 aliphatic rings. The summed E-state index contributed by atoms with van der Waals surface area (Å²) in [4.78, 5) is 26.5. The monoisotopic (exact) mass is 541 g/mol. The molecule has 0 saturated carbocycles. The first-order valence-corrected chi connectivity index (χ1v) is 12.1. The summed E-state index contributed by atoms with van der Waals surface area (Å²) in [5.41, 5.74) is 3.03. The third kappa shape index (κ3) is 6.07. The van der Waals surface area contributed by atoms with Crippen molar-refractivity contribution in [2.45, 2.75) is 13.5 Å². The molecule has 3 aromatic carbocycles. The molecule has 0 aliphatic carbocycles. The number of hydrogen-bond donors (Lipinski definition) is 0. The Bertz CT molecular complexity index is 1230. The molecule has 3 aromatic rings. The SMILES string of the molecule is Cc1ccc(COc2ccc(/C=C3\SC(=O)N(CCOc4ccc(F)cc4)C3=O)cc2Br)cc1. The topological polar surface area (TPSA) is 55.8 Å². The molecule has 5 nitrogen and oxygen atoms in total. The van der Waals surface area contributed by atoms with Crippen LogP contribution in [0.5, 0.6) is 11.5 Å². The average molecular weight is 542 g/mol. The Morgan fingerprint density at radius 2 is 1.74 bits per heavy atom. The van der Waals surface area contributed by atoms with Crippen LogP contribution < -0.4 is 9.47 Å². The zero-order valence-electron chi connectivity index (χ0n) is 18.3. The standard InChI is InChI=1S/C26H21BrFNO4S/c1-17-2-4-18(5-3-17)16-33-23-11-6-19(14-22(23)27)15-24-25(30)29(26(31)34-24)12-13-32-21-9-7-20(28)8-10-21/h2-11,14-15H,12-13,16H2,1H3/b24-15-. The number of aryl methyl sites for hydroxylation is 1. The molecule has 8 heteroatoms. The quantitative estimate of drug-likeness (QED) is 0.301. The molecule has 0 N–H and O–H groups in total. The Morgan fingerprint density at radius 3 is 2.44 bits per heavy atom. The molecule has 0 bridgehead atoms. The number of halogens is 2. The maximum absolute atomic E-state index is 13.0. The molecule has 34 heavy (non-hydrogen) atoms. The first-order chi connectivity index (χ1) is 16.4. The van der Waals surface area contributed by atoms with Crippen LogP contribution in [0.3, 0.4) is 0 Å². The first kappa shape index (κ1) is 24.0. The van der Waals surface area contributed by atoms with E-state index in [9.17, 15) is 14.0 Å². The Morgan fingerprint density at radius 1 is 1.00 bits per heavy atom. The summed E-state index contributed by atoms with van der Waals surface area (Å²) in [5, 5.41) is -0.351. The molecule has 0 radical (unpaired) electrons. The number of ether oxygens (including phenoxy) is 2. The number of rotatable bonds is 8. The van der Waals surface area contributed by atoms with Crippen LogP contribution in [0.25, 0.3) is 6.08 Å². The van der Waals surface area contributed by atoms with Crippen molar-refractivity contribution >= 4 is 44.9 Å². The van der Waals surface area contributed by atoms with E-state index >= 15 is 0 Å². The minimum absolute atomic E-state index is 0.106. The summed E-state index contributed by atoms with van der Waals surface area (Å²) in [6.07, 6.45) is 1.68. The zero-order chi connectivity index (χ0) is 24.1. The van der Waals surface area contributed by atoms with Gasteiger partial charge in [-0.25, -0.2) is 4.39 Å². The Kier molecular flexibility index (Phi) is 7.70. The van der Waals surface area contributed by atoms with Gasteiger partial charge < -0.3 is 9.47 Å². The van der Waals surface area contributed by atoms with Gasteiger partial charge in [-0.1, -0.05) is 35.9 Å². The van der Waals surface area contributed by atoms with Gasteiger partial charge in [0.1, 0.15) is 30.5 Å². The highest BCUT2D eigenvalue weighted by Gasteiger charge is 2.34. The second-order valence-electron chi connectivity index (χ2n) is 7.60. The van der Waals surface area contributed by atoms with Gasteiger partial charge in [0.15, 0.2) is 0 Å². The van der Waals surface area contributed by atoms with Gasteiger partial charge in [-0.3, -0.25) is 14.5 Å². The van der Waals surface area contributed by atoms with Gasteiger partial charge in [-0.2, -0.15) is 0 Å². The summed E-state index contributed by atoms with van der Waals surface area (Å²) in [6.45, 7) is 2.71. The Labute approximate surface area is 209 Å². The summed E-state index contributed by atoms with van der Waals surface area (Å²) in [7, 11) is 0. The van der Waals surface area contributed by atoms with Crippen LogP contribution in [0.15, 0.2) is 76.1 Å². The van der Waals surface area contributed by atoms with Crippen LogP contribution >= 0.6 is 27.7 Å². The van der Waals surface area contributed by atoms with Crippen LogP contribution in [0.2, 0.25) is 0 Å². The van der Waals surface area contributed by atoms with Crippen LogP contribution in [-0.4, -0.2) is 29.2 Å². The number of carbonyl (C=O) groups excluding carboxylic acids is 2. The van der Waals surface area contributed by atoms with Crippen molar-refractivity contribution in [2.24, 2.45) is 0 Å². The van der Waals surface area contributed by atoms with E-state index in [0.717, 1.165) is 32.3 Å². The number of nitrogens with zero attached hydrogens (tertiary/aromatic N) is 1. The fourth-order valence-electron chi connectivity index (χ4n) is 3.20. The van der Waals surface area contributed by atoms with E-state index in [4.69, 9.17) is 9.47 Å². The highest BCUT2D eigenvalue weighted by Crippen LogP contribution is 2.34. The Balaban J connectivity index is 1.35. The van der Waals surface area contributed by atoms with Gasteiger partial charge in [-0.15, -0.1) is 0 Å². The van der Waals surface area contributed by atoms with Crippen molar-refractivity contribution < 1.29 is 23.5 Å². The second kappa shape index (κ2) is 10.9. The van der Waals surface area contributed by atoms with E-state index < -0.39 is 0 Å². The van der Waals surface area contributed by atoms with Gasteiger partial charge in [0, 0.05) is 0 Å². The molecule has 174 valence electrons. The van der Waals surface area contributed by atoms with Crippen molar-refractivity contribution in [3.05, 3.63) is 98.6 Å². The number of thioether (sulfide) groups is 1. The largest absolute Gasteiger partial charge is 0.492 e. The predicted octanol–water partition coefficient (Wildman–Crippen LogP) is 6.59. The molecule has 1 heterocycles. The maximum Gasteiger partial charge on any atom is 0.293 e. The number of hydrogen-bond acceptors (Lipinski definition) is 5. The van der Waals surface area contributed by atoms with Gasteiger partial charge in [-0.05, 0) is 88.2 Å². The van der Waals surface area contributed by atoms with Crippen molar-refractivity contribution in [3.63, 3.8) is 0 Å². The molecule has 4 rings (SSSR count). The predicted molar refractivity (Wildman–Crippen MR) is 134 cm³/mol. The van der Waals surface area contributed by atoms with Crippen LogP contribution in [0.4, 0.5) is 9.18 Å². The molecule has 0 atom stereocenters. The summed E-state index contributed by atoms with van der Waals surface area (Å²) in [6, 6.07) is 19.2. The minimum atomic E-state index is -0.367. The van der Waals surface area contributed by atoms with Gasteiger partial charge in [0.2, 0.25) is 0 Å². The number of carbonyl (C=O) groups is 2. The van der Waals surface area contributed by atoms with E-state index in [1.165, 1.54) is 29.8 Å². The smallest absolute Gasteiger partial charge is 0.293 e. The van der Waals surface area contributed by atoms with E-state index in [0.29, 0.717) is 23.0 Å². The molecule has 1 aliphatic heterocycles. The van der Waals surface area contributed by atoms with Gasteiger partial charge >= 0.3 is 0 Å². The Hall–Kier alpha value is -3.10. The molecule has 0 unspecified atom stereocenters. The fourth-order valence-corrected chi connectivity index (χ4v) is 4.58. The highest BCUT2D eigenvalue weighted by molar-refractivity contribution is 9.10. The lowest BCUT2D eigenvalue weighted by molar-refractivity contribution is -0.123. The number of amides is 2. The minimum Gasteiger partial charge on any atom is -0.492 e. The van der Waals surface area contributed by atoms with E-state index in [-0.39, 0.29) is 30.1 Å². The first-order valence-electron chi connectivity index (χ1n) is 10.5. The summed E-state index contributed by atoms with van der Waals surface area (Å²) >= 11 is 4.41. The van der Waals surface area contributed by atoms with E-state index in [1.54, 1.807) is 6.08 Å². The summed E-state index contributed by atoms with van der Waals surface area (Å²) in [5.74, 6) is 0.427. The van der Waals surface area contributed by atoms with Crippen molar-refractivity contribution in [1.29, 1.82) is 0 Å². The van der Waals surface area contributed by atoms with Crippen LogP contribution in [0.1, 0.15) is 16.7 Å². The van der Waals surface area contributed by atoms with E-state index in [1.807, 2.05) is 49.4 Å². The third-order valence-corrected chi connectivity index (χ3v) is 6.57. The maximum atomic E-state index is 13.0. The summed E-state index contributed by atoms with van der Waals surface area (Å²) < 4.78 is 25.1. The third-order valence-electron chi connectivity index (χ3n) is 5.04. The lowest BCUT2D eigenvalue weighted by atomic mass is 10.1. The molecule has 1 fully saturated rings. The van der Waals surface area contributed by atoms with Crippen LogP contribution in [0, 0.1) is 12.7 Å². The van der Waals surface area contributed by atoms with Crippen molar-refractivity contribution in [3.8, 4) is 11.5 Å². The number of benzene rings is 3. The van der Waals surface area contributed by atoms with E-state index in [2.05, 4.69) is 15.9 Å². The van der Waals surface area contributed by atoms with Gasteiger partial charge in [0.05, 0.1) is 15.9 Å². The number of imide groups is 1. The highest BCUT2D eigenvalue weighted by atomic mass is 79.9. The zero-order valence-corrected chi connectivity index (χ0v) is 20.7. The molecule has 1 saturated heterocycles.